The van der Waals surface area contributed by atoms with E-state index in [1.54, 1.807) is 30.3 Å². The summed E-state index contributed by atoms with van der Waals surface area (Å²) < 4.78 is 36.9. The monoisotopic (exact) mass is 276 g/mol. The van der Waals surface area contributed by atoms with Gasteiger partial charge in [0.1, 0.15) is 5.82 Å². The quantitative estimate of drug-likeness (QED) is 0.859. The third-order valence-electron chi connectivity index (χ3n) is 2.80. The van der Waals surface area contributed by atoms with Crippen LogP contribution in [0.5, 0.6) is 0 Å². The molecule has 0 amide bonds. The van der Waals surface area contributed by atoms with Crippen molar-refractivity contribution in [2.75, 3.05) is 6.26 Å². The highest BCUT2D eigenvalue weighted by Gasteiger charge is 2.10. The molecule has 0 saturated heterocycles. The number of rotatable bonds is 3. The molecule has 0 aromatic heterocycles. The van der Waals surface area contributed by atoms with Gasteiger partial charge >= 0.3 is 0 Å². The van der Waals surface area contributed by atoms with Crippen LogP contribution in [-0.4, -0.2) is 14.7 Å². The van der Waals surface area contributed by atoms with E-state index in [9.17, 15) is 12.8 Å². The van der Waals surface area contributed by atoms with Crippen molar-refractivity contribution in [1.29, 1.82) is 0 Å². The second-order valence-corrected chi connectivity index (χ2v) is 6.26. The third kappa shape index (κ3) is 2.90. The number of benzene rings is 2. The Balaban J connectivity index is 2.62. The van der Waals surface area contributed by atoms with Gasteiger partial charge in [-0.05, 0) is 35.4 Å². The Labute approximate surface area is 112 Å². The largest absolute Gasteiger partial charge is 0.224 e. The van der Waals surface area contributed by atoms with Crippen molar-refractivity contribution in [2.24, 2.45) is 0 Å². The summed E-state index contributed by atoms with van der Waals surface area (Å²) in [5.74, 6) is -0.392. The van der Waals surface area contributed by atoms with Crippen molar-refractivity contribution < 1.29 is 12.8 Å². The average molecular weight is 276 g/mol. The first-order valence-corrected chi connectivity index (χ1v) is 7.53. The van der Waals surface area contributed by atoms with Crippen LogP contribution >= 0.6 is 0 Å². The van der Waals surface area contributed by atoms with E-state index < -0.39 is 15.7 Å². The fraction of sp³-hybridized carbons (Fsp3) is 0.0667. The van der Waals surface area contributed by atoms with E-state index in [4.69, 9.17) is 0 Å². The molecule has 98 valence electrons. The molecule has 2 nitrogen and oxygen atoms in total. The first kappa shape index (κ1) is 13.5. The summed E-state index contributed by atoms with van der Waals surface area (Å²) in [4.78, 5) is 0.174. The maximum Gasteiger partial charge on any atom is 0.175 e. The van der Waals surface area contributed by atoms with Crippen LogP contribution in [0.2, 0.25) is 0 Å². The van der Waals surface area contributed by atoms with E-state index in [1.807, 2.05) is 0 Å². The Morgan fingerprint density at radius 3 is 2.53 bits per heavy atom. The molecule has 0 N–H and O–H groups in total. The molecule has 0 unspecified atom stereocenters. The van der Waals surface area contributed by atoms with Gasteiger partial charge in [-0.3, -0.25) is 0 Å². The molecule has 0 aliphatic carbocycles. The van der Waals surface area contributed by atoms with Crippen LogP contribution in [0.4, 0.5) is 4.39 Å². The minimum Gasteiger partial charge on any atom is -0.224 e. The molecule has 2 rings (SSSR count). The van der Waals surface area contributed by atoms with Gasteiger partial charge < -0.3 is 0 Å². The van der Waals surface area contributed by atoms with E-state index in [-0.39, 0.29) is 4.90 Å². The van der Waals surface area contributed by atoms with Crippen LogP contribution in [0.25, 0.3) is 17.2 Å². The van der Waals surface area contributed by atoms with Crippen LogP contribution in [0.15, 0.2) is 53.9 Å². The fourth-order valence-corrected chi connectivity index (χ4v) is 2.45. The lowest BCUT2D eigenvalue weighted by molar-refractivity contribution is 0.602. The van der Waals surface area contributed by atoms with Crippen molar-refractivity contribution >= 4 is 15.9 Å². The Kier molecular flexibility index (Phi) is 3.53. The molecule has 0 heterocycles. The molecule has 19 heavy (non-hydrogen) atoms. The molecule has 2 aromatic carbocycles. The third-order valence-corrected chi connectivity index (χ3v) is 3.91. The standard InChI is InChI=1S/C15H13FO2S/c1-3-11-7-8-15(16)14(9-11)12-5-4-6-13(10-12)19(2,17)18/h3-10H,1H2,2H3. The SMILES string of the molecule is C=Cc1ccc(F)c(-c2cccc(S(C)(=O)=O)c2)c1. The van der Waals surface area contributed by atoms with Crippen molar-refractivity contribution in [1.82, 2.24) is 0 Å². The van der Waals surface area contributed by atoms with Crippen LogP contribution in [-0.2, 0) is 9.84 Å². The normalized spacial score (nSPS) is 11.3. The zero-order valence-electron chi connectivity index (χ0n) is 10.4. The van der Waals surface area contributed by atoms with Crippen LogP contribution in [0, 0.1) is 5.82 Å². The summed E-state index contributed by atoms with van der Waals surface area (Å²) >= 11 is 0. The first-order valence-electron chi connectivity index (χ1n) is 5.64. The second kappa shape index (κ2) is 4.97. The molecular weight excluding hydrogens is 263 g/mol. The zero-order chi connectivity index (χ0) is 14.0. The molecule has 2 aromatic rings. The Hall–Kier alpha value is -1.94. The predicted molar refractivity (Wildman–Crippen MR) is 75.0 cm³/mol. The van der Waals surface area contributed by atoms with E-state index in [2.05, 4.69) is 6.58 Å². The Bertz CT molecular complexity index is 734. The molecule has 0 aliphatic heterocycles. The maximum absolute atomic E-state index is 13.8. The summed E-state index contributed by atoms with van der Waals surface area (Å²) in [6, 6.07) is 10.9. The summed E-state index contributed by atoms with van der Waals surface area (Å²) in [6.45, 7) is 3.63. The Morgan fingerprint density at radius 2 is 1.89 bits per heavy atom. The number of sulfone groups is 1. The average Bonchev–Trinajstić information content (AvgIpc) is 2.38. The lowest BCUT2D eigenvalue weighted by atomic mass is 10.0. The van der Waals surface area contributed by atoms with Gasteiger partial charge in [0.05, 0.1) is 4.90 Å². The summed E-state index contributed by atoms with van der Waals surface area (Å²) in [7, 11) is -3.30. The molecule has 4 heteroatoms. The van der Waals surface area contributed by atoms with Gasteiger partial charge in [-0.2, -0.15) is 0 Å². The Morgan fingerprint density at radius 1 is 1.16 bits per heavy atom. The summed E-state index contributed by atoms with van der Waals surface area (Å²) in [6.07, 6.45) is 2.74. The van der Waals surface area contributed by atoms with Gasteiger partial charge in [-0.15, -0.1) is 0 Å². The van der Waals surface area contributed by atoms with E-state index in [0.717, 1.165) is 11.8 Å². The smallest absolute Gasteiger partial charge is 0.175 e. The topological polar surface area (TPSA) is 34.1 Å². The lowest BCUT2D eigenvalue weighted by Gasteiger charge is -2.07. The molecule has 0 atom stereocenters. The van der Waals surface area contributed by atoms with Crippen LogP contribution in [0.3, 0.4) is 0 Å². The summed E-state index contributed by atoms with van der Waals surface area (Å²) in [5, 5.41) is 0. The molecule has 0 fully saturated rings. The number of halogens is 1. The van der Waals surface area contributed by atoms with E-state index in [1.165, 1.54) is 18.2 Å². The van der Waals surface area contributed by atoms with Crippen molar-refractivity contribution in [3.63, 3.8) is 0 Å². The second-order valence-electron chi connectivity index (χ2n) is 4.24. The predicted octanol–water partition coefficient (Wildman–Crippen LogP) is 3.54. The molecule has 0 spiro atoms. The molecule has 0 aliphatic rings. The first-order chi connectivity index (χ1) is 8.91. The number of hydrogen-bond acceptors (Lipinski definition) is 2. The van der Waals surface area contributed by atoms with E-state index >= 15 is 0 Å². The highest BCUT2D eigenvalue weighted by molar-refractivity contribution is 7.90. The molecule has 0 bridgehead atoms. The number of hydrogen-bond donors (Lipinski definition) is 0. The lowest BCUT2D eigenvalue weighted by Crippen LogP contribution is -1.97. The van der Waals surface area contributed by atoms with E-state index in [0.29, 0.717) is 11.1 Å². The van der Waals surface area contributed by atoms with Gasteiger partial charge in [0.15, 0.2) is 9.84 Å². The zero-order valence-corrected chi connectivity index (χ0v) is 11.2. The molecule has 0 saturated carbocycles. The van der Waals surface area contributed by atoms with Gasteiger partial charge in [0, 0.05) is 11.8 Å². The van der Waals surface area contributed by atoms with Gasteiger partial charge in [0.2, 0.25) is 0 Å². The minimum absolute atomic E-state index is 0.174. The van der Waals surface area contributed by atoms with Crippen LogP contribution in [0.1, 0.15) is 5.56 Å². The van der Waals surface area contributed by atoms with Gasteiger partial charge in [-0.1, -0.05) is 30.9 Å². The van der Waals surface area contributed by atoms with Crippen molar-refractivity contribution in [3.8, 4) is 11.1 Å². The van der Waals surface area contributed by atoms with Gasteiger partial charge in [0.25, 0.3) is 0 Å². The minimum atomic E-state index is -3.30. The fourth-order valence-electron chi connectivity index (χ4n) is 1.79. The molecule has 0 radical (unpaired) electrons. The van der Waals surface area contributed by atoms with Gasteiger partial charge in [-0.25, -0.2) is 12.8 Å². The van der Waals surface area contributed by atoms with Crippen molar-refractivity contribution in [3.05, 3.63) is 60.4 Å². The summed E-state index contributed by atoms with van der Waals surface area (Å²) in [5.41, 5.74) is 1.67. The van der Waals surface area contributed by atoms with Crippen molar-refractivity contribution in [2.45, 2.75) is 4.90 Å². The van der Waals surface area contributed by atoms with Crippen LogP contribution < -0.4 is 0 Å². The highest BCUT2D eigenvalue weighted by Crippen LogP contribution is 2.26. The maximum atomic E-state index is 13.8. The highest BCUT2D eigenvalue weighted by atomic mass is 32.2. The molecular formula is C15H13FO2S.